The molecule has 0 fully saturated rings. The van der Waals surface area contributed by atoms with Crippen LogP contribution in [0, 0.1) is 6.92 Å². The maximum absolute atomic E-state index is 12.3. The van der Waals surface area contributed by atoms with Crippen LogP contribution in [-0.2, 0) is 4.79 Å². The molecule has 0 spiro atoms. The van der Waals surface area contributed by atoms with Crippen molar-refractivity contribution in [2.24, 2.45) is 0 Å². The lowest BCUT2D eigenvalue weighted by atomic mass is 10.1. The Morgan fingerprint density at radius 3 is 2.79 bits per heavy atom. The zero-order valence-corrected chi connectivity index (χ0v) is 16.9. The minimum Gasteiger partial charge on any atom is -0.493 e. The number of hydrogen-bond acceptors (Lipinski definition) is 5. The molecule has 1 aromatic heterocycles. The average Bonchev–Trinajstić information content (AvgIpc) is 3.14. The summed E-state index contributed by atoms with van der Waals surface area (Å²) in [5, 5.41) is 5.87. The fourth-order valence-electron chi connectivity index (χ4n) is 2.69. The molecule has 0 radical (unpaired) electrons. The zero-order chi connectivity index (χ0) is 19.9. The predicted molar refractivity (Wildman–Crippen MR) is 114 cm³/mol. The molecule has 0 aliphatic carbocycles. The van der Waals surface area contributed by atoms with Gasteiger partial charge in [0.1, 0.15) is 0 Å². The van der Waals surface area contributed by atoms with Crippen LogP contribution in [-0.4, -0.2) is 24.6 Å². The lowest BCUT2D eigenvalue weighted by Gasteiger charge is -2.12. The van der Waals surface area contributed by atoms with Crippen molar-refractivity contribution < 1.29 is 14.3 Å². The van der Waals surface area contributed by atoms with E-state index in [0.29, 0.717) is 17.2 Å². The number of methoxy groups -OCH3 is 1. The molecule has 3 rings (SSSR count). The molecule has 5 nitrogen and oxygen atoms in total. The van der Waals surface area contributed by atoms with Crippen molar-refractivity contribution in [2.45, 2.75) is 13.8 Å². The predicted octanol–water partition coefficient (Wildman–Crippen LogP) is 5.18. The molecule has 1 amide bonds. The van der Waals surface area contributed by atoms with Gasteiger partial charge in [-0.05, 0) is 43.7 Å². The number of thiazole rings is 1. The number of carbonyl (C=O) groups is 1. The van der Waals surface area contributed by atoms with E-state index in [1.165, 1.54) is 0 Å². The summed E-state index contributed by atoms with van der Waals surface area (Å²) in [6.45, 7) is 3.81. The van der Waals surface area contributed by atoms with Gasteiger partial charge in [-0.25, -0.2) is 4.98 Å². The third-order valence-electron chi connectivity index (χ3n) is 3.97. The van der Waals surface area contributed by atoms with E-state index in [4.69, 9.17) is 9.47 Å². The van der Waals surface area contributed by atoms with Crippen LogP contribution in [0.4, 0.5) is 5.69 Å². The Bertz CT molecular complexity index is 995. The van der Waals surface area contributed by atoms with Crippen molar-refractivity contribution in [3.8, 4) is 22.8 Å². The Hall–Kier alpha value is -3.12. The lowest BCUT2D eigenvalue weighted by Crippen LogP contribution is -2.20. The maximum Gasteiger partial charge on any atom is 0.262 e. The number of amides is 1. The zero-order valence-electron chi connectivity index (χ0n) is 16.1. The third kappa shape index (κ3) is 4.98. The fraction of sp³-hybridized carbons (Fsp3) is 0.182. The number of allylic oxidation sites excluding steroid dienone is 1. The van der Waals surface area contributed by atoms with E-state index in [1.807, 2.05) is 67.8 Å². The molecule has 0 unspecified atom stereocenters. The van der Waals surface area contributed by atoms with Crippen molar-refractivity contribution in [3.05, 3.63) is 64.5 Å². The number of aromatic nitrogens is 1. The van der Waals surface area contributed by atoms with Crippen molar-refractivity contribution in [3.63, 3.8) is 0 Å². The number of anilines is 1. The first-order valence-electron chi connectivity index (χ1n) is 8.85. The second-order valence-corrected chi connectivity index (χ2v) is 7.14. The van der Waals surface area contributed by atoms with Gasteiger partial charge in [0.25, 0.3) is 5.91 Å². The molecule has 144 valence electrons. The molecule has 1 N–H and O–H groups in total. The maximum atomic E-state index is 12.3. The molecule has 0 saturated carbocycles. The highest BCUT2D eigenvalue weighted by Gasteiger charge is 2.10. The minimum absolute atomic E-state index is 0.112. The molecular formula is C22H22N2O3S. The average molecular weight is 394 g/mol. The lowest BCUT2D eigenvalue weighted by molar-refractivity contribution is -0.118. The summed E-state index contributed by atoms with van der Waals surface area (Å²) in [4.78, 5) is 16.8. The number of benzene rings is 2. The summed E-state index contributed by atoms with van der Waals surface area (Å²) in [7, 11) is 1.58. The summed E-state index contributed by atoms with van der Waals surface area (Å²) in [5.74, 6) is 0.869. The van der Waals surface area contributed by atoms with Crippen LogP contribution in [0.5, 0.6) is 11.5 Å². The standard InChI is InChI=1S/C22H22N2O3S/c1-4-6-16-9-10-20(21(11-16)26-3)27-13-22(25)24-18-8-5-7-17(12-18)19-14-28-15(2)23-19/h4-12,14H,13H2,1-3H3,(H,24,25). The molecule has 2 aromatic carbocycles. The van der Waals surface area contributed by atoms with Crippen LogP contribution in [0.1, 0.15) is 17.5 Å². The topological polar surface area (TPSA) is 60.5 Å². The molecule has 0 saturated heterocycles. The van der Waals surface area contributed by atoms with Crippen LogP contribution in [0.15, 0.2) is 53.9 Å². The molecule has 0 aliphatic rings. The van der Waals surface area contributed by atoms with Crippen molar-refractivity contribution in [1.82, 2.24) is 4.98 Å². The highest BCUT2D eigenvalue weighted by Crippen LogP contribution is 2.29. The summed E-state index contributed by atoms with van der Waals surface area (Å²) < 4.78 is 11.0. The smallest absolute Gasteiger partial charge is 0.262 e. The van der Waals surface area contributed by atoms with Crippen LogP contribution in [0.2, 0.25) is 0 Å². The molecule has 1 heterocycles. The number of hydrogen-bond donors (Lipinski definition) is 1. The Labute approximate surface area is 168 Å². The van der Waals surface area contributed by atoms with E-state index in [1.54, 1.807) is 24.5 Å². The molecule has 28 heavy (non-hydrogen) atoms. The van der Waals surface area contributed by atoms with Crippen molar-refractivity contribution >= 4 is 29.0 Å². The van der Waals surface area contributed by atoms with Gasteiger partial charge in [0.05, 0.1) is 17.8 Å². The van der Waals surface area contributed by atoms with E-state index in [9.17, 15) is 4.79 Å². The molecule has 0 aliphatic heterocycles. The van der Waals surface area contributed by atoms with E-state index >= 15 is 0 Å². The number of carbonyl (C=O) groups excluding carboxylic acids is 1. The highest BCUT2D eigenvalue weighted by atomic mass is 32.1. The molecule has 6 heteroatoms. The van der Waals surface area contributed by atoms with Crippen molar-refractivity contribution in [1.29, 1.82) is 0 Å². The molecular weight excluding hydrogens is 372 g/mol. The first-order chi connectivity index (χ1) is 13.6. The van der Waals surface area contributed by atoms with Gasteiger partial charge < -0.3 is 14.8 Å². The molecule has 0 bridgehead atoms. The van der Waals surface area contributed by atoms with E-state index in [2.05, 4.69) is 10.3 Å². The third-order valence-corrected chi connectivity index (χ3v) is 4.74. The van der Waals surface area contributed by atoms with Gasteiger partial charge in [-0.3, -0.25) is 4.79 Å². The van der Waals surface area contributed by atoms with Gasteiger partial charge in [0.2, 0.25) is 0 Å². The van der Waals surface area contributed by atoms with Gasteiger partial charge in [0, 0.05) is 16.6 Å². The summed E-state index contributed by atoms with van der Waals surface area (Å²) in [6.07, 6.45) is 3.92. The Kier molecular flexibility index (Phi) is 6.45. The van der Waals surface area contributed by atoms with Crippen LogP contribution < -0.4 is 14.8 Å². The number of nitrogens with zero attached hydrogens (tertiary/aromatic N) is 1. The molecule has 3 aromatic rings. The van der Waals surface area contributed by atoms with Gasteiger partial charge >= 0.3 is 0 Å². The number of rotatable bonds is 7. The minimum atomic E-state index is -0.244. The first-order valence-corrected chi connectivity index (χ1v) is 9.73. The highest BCUT2D eigenvalue weighted by molar-refractivity contribution is 7.09. The number of ether oxygens (including phenoxy) is 2. The van der Waals surface area contributed by atoms with Crippen molar-refractivity contribution in [2.75, 3.05) is 19.0 Å². The second-order valence-electron chi connectivity index (χ2n) is 6.08. The van der Waals surface area contributed by atoms with Crippen LogP contribution in [0.25, 0.3) is 17.3 Å². The largest absolute Gasteiger partial charge is 0.493 e. The van der Waals surface area contributed by atoms with Gasteiger partial charge in [-0.2, -0.15) is 0 Å². The van der Waals surface area contributed by atoms with E-state index in [0.717, 1.165) is 21.8 Å². The van der Waals surface area contributed by atoms with Gasteiger partial charge in [-0.15, -0.1) is 11.3 Å². The van der Waals surface area contributed by atoms with Crippen LogP contribution >= 0.6 is 11.3 Å². The van der Waals surface area contributed by atoms with Crippen LogP contribution in [0.3, 0.4) is 0 Å². The monoisotopic (exact) mass is 394 g/mol. The van der Waals surface area contributed by atoms with Gasteiger partial charge in [0.15, 0.2) is 18.1 Å². The normalized spacial score (nSPS) is 10.8. The fourth-order valence-corrected chi connectivity index (χ4v) is 3.31. The summed E-state index contributed by atoms with van der Waals surface area (Å²) in [5.41, 5.74) is 3.57. The number of aryl methyl sites for hydroxylation is 1. The van der Waals surface area contributed by atoms with E-state index in [-0.39, 0.29) is 12.5 Å². The summed E-state index contributed by atoms with van der Waals surface area (Å²) in [6, 6.07) is 13.2. The Morgan fingerprint density at radius 2 is 2.07 bits per heavy atom. The second kappa shape index (κ2) is 9.19. The molecule has 0 atom stereocenters. The Balaban J connectivity index is 1.63. The summed E-state index contributed by atoms with van der Waals surface area (Å²) >= 11 is 1.60. The number of nitrogens with one attached hydrogen (secondary N) is 1. The van der Waals surface area contributed by atoms with Gasteiger partial charge in [-0.1, -0.05) is 30.4 Å². The SMILES string of the molecule is CC=Cc1ccc(OCC(=O)Nc2cccc(-c3csc(C)n3)c2)c(OC)c1. The Morgan fingerprint density at radius 1 is 1.21 bits per heavy atom. The first kappa shape index (κ1) is 19.6. The quantitative estimate of drug-likeness (QED) is 0.600. The van der Waals surface area contributed by atoms with E-state index < -0.39 is 0 Å².